The highest BCUT2D eigenvalue weighted by Gasteiger charge is 2.42. The standard InChI is InChI=1S/C17H23N3O3/c21-17(13-5-7-18-19-9-13)20-8-6-16-15(20)4-3-14(23-16)11-22-10-12-1-2-12/h5,7,9,12,14-16H,1-4,6,8,10-11H2/t14?,15-,16-/m0/s1. The highest BCUT2D eigenvalue weighted by molar-refractivity contribution is 5.94. The van der Waals surface area contributed by atoms with E-state index in [0.29, 0.717) is 12.2 Å². The lowest BCUT2D eigenvalue weighted by atomic mass is 9.99. The van der Waals surface area contributed by atoms with Crippen LogP contribution in [0.2, 0.25) is 0 Å². The van der Waals surface area contributed by atoms with Gasteiger partial charge in [-0.3, -0.25) is 4.79 Å². The largest absolute Gasteiger partial charge is 0.378 e. The van der Waals surface area contributed by atoms with E-state index in [2.05, 4.69) is 10.2 Å². The average molecular weight is 317 g/mol. The maximum atomic E-state index is 12.6. The molecule has 4 rings (SSSR count). The second-order valence-electron chi connectivity index (χ2n) is 6.84. The van der Waals surface area contributed by atoms with E-state index >= 15 is 0 Å². The van der Waals surface area contributed by atoms with Gasteiger partial charge in [0.15, 0.2) is 0 Å². The van der Waals surface area contributed by atoms with Crippen LogP contribution in [0.1, 0.15) is 42.5 Å². The number of hydrogen-bond acceptors (Lipinski definition) is 5. The summed E-state index contributed by atoms with van der Waals surface area (Å²) in [7, 11) is 0. The molecule has 1 aromatic rings. The third-order valence-corrected chi connectivity index (χ3v) is 5.08. The molecule has 0 radical (unpaired) electrons. The van der Waals surface area contributed by atoms with E-state index in [1.165, 1.54) is 19.0 Å². The van der Waals surface area contributed by atoms with Gasteiger partial charge < -0.3 is 14.4 Å². The lowest BCUT2D eigenvalue weighted by Crippen LogP contribution is -2.46. The highest BCUT2D eigenvalue weighted by Crippen LogP contribution is 2.33. The summed E-state index contributed by atoms with van der Waals surface area (Å²) in [4.78, 5) is 14.6. The van der Waals surface area contributed by atoms with Crippen molar-refractivity contribution in [3.8, 4) is 0 Å². The van der Waals surface area contributed by atoms with Gasteiger partial charge in [0, 0.05) is 13.2 Å². The number of ether oxygens (including phenoxy) is 2. The molecule has 1 amide bonds. The van der Waals surface area contributed by atoms with Crippen LogP contribution in [0.15, 0.2) is 18.5 Å². The van der Waals surface area contributed by atoms with Crippen molar-refractivity contribution in [2.75, 3.05) is 19.8 Å². The normalized spacial score (nSPS) is 30.3. The fraction of sp³-hybridized carbons (Fsp3) is 0.706. The lowest BCUT2D eigenvalue weighted by Gasteiger charge is -2.35. The summed E-state index contributed by atoms with van der Waals surface area (Å²) in [5.41, 5.74) is 0.607. The lowest BCUT2D eigenvalue weighted by molar-refractivity contribution is -0.0973. The Kier molecular flexibility index (Phi) is 4.27. The molecule has 0 bridgehead atoms. The van der Waals surface area contributed by atoms with E-state index in [0.717, 1.165) is 38.3 Å². The van der Waals surface area contributed by atoms with Crippen LogP contribution in [0.3, 0.4) is 0 Å². The van der Waals surface area contributed by atoms with Crippen molar-refractivity contribution in [3.05, 3.63) is 24.0 Å². The van der Waals surface area contributed by atoms with Crippen LogP contribution in [0.25, 0.3) is 0 Å². The number of aromatic nitrogens is 2. The van der Waals surface area contributed by atoms with Crippen molar-refractivity contribution in [3.63, 3.8) is 0 Å². The molecule has 124 valence electrons. The molecule has 0 N–H and O–H groups in total. The van der Waals surface area contributed by atoms with Gasteiger partial charge in [0.05, 0.1) is 42.8 Å². The van der Waals surface area contributed by atoms with E-state index in [1.807, 2.05) is 4.90 Å². The van der Waals surface area contributed by atoms with Gasteiger partial charge in [0.25, 0.3) is 5.91 Å². The monoisotopic (exact) mass is 317 g/mol. The van der Waals surface area contributed by atoms with E-state index < -0.39 is 0 Å². The smallest absolute Gasteiger partial charge is 0.255 e. The zero-order valence-corrected chi connectivity index (χ0v) is 13.3. The number of nitrogens with zero attached hydrogens (tertiary/aromatic N) is 3. The molecule has 1 unspecified atom stereocenters. The Hall–Kier alpha value is -1.53. The summed E-state index contributed by atoms with van der Waals surface area (Å²) < 4.78 is 12.0. The summed E-state index contributed by atoms with van der Waals surface area (Å²) in [6.45, 7) is 2.34. The van der Waals surface area contributed by atoms with Crippen molar-refractivity contribution < 1.29 is 14.3 Å². The van der Waals surface area contributed by atoms with Gasteiger partial charge >= 0.3 is 0 Å². The molecular weight excluding hydrogens is 294 g/mol. The second kappa shape index (κ2) is 6.53. The minimum absolute atomic E-state index is 0.0411. The third-order valence-electron chi connectivity index (χ3n) is 5.08. The Morgan fingerprint density at radius 1 is 1.22 bits per heavy atom. The van der Waals surface area contributed by atoms with Crippen molar-refractivity contribution in [1.29, 1.82) is 0 Å². The predicted octanol–water partition coefficient (Wildman–Crippen LogP) is 1.67. The summed E-state index contributed by atoms with van der Waals surface area (Å²) in [6.07, 6.45) is 8.93. The first-order chi connectivity index (χ1) is 11.3. The topological polar surface area (TPSA) is 64.6 Å². The molecule has 3 atom stereocenters. The molecular formula is C17H23N3O3. The summed E-state index contributed by atoms with van der Waals surface area (Å²) in [5, 5.41) is 7.53. The van der Waals surface area contributed by atoms with Gasteiger partial charge in [0.1, 0.15) is 0 Å². The van der Waals surface area contributed by atoms with Crippen molar-refractivity contribution in [2.45, 2.75) is 50.4 Å². The van der Waals surface area contributed by atoms with Gasteiger partial charge in [-0.15, -0.1) is 0 Å². The Morgan fingerprint density at radius 3 is 2.91 bits per heavy atom. The Balaban J connectivity index is 1.31. The first-order valence-corrected chi connectivity index (χ1v) is 8.62. The van der Waals surface area contributed by atoms with Crippen LogP contribution in [-0.4, -0.2) is 59.0 Å². The molecule has 3 fully saturated rings. The minimum Gasteiger partial charge on any atom is -0.378 e. The minimum atomic E-state index is 0.0411. The third kappa shape index (κ3) is 3.38. The van der Waals surface area contributed by atoms with Crippen LogP contribution < -0.4 is 0 Å². The summed E-state index contributed by atoms with van der Waals surface area (Å²) >= 11 is 0. The fourth-order valence-electron chi connectivity index (χ4n) is 3.61. The SMILES string of the molecule is O=C(c1ccnnc1)N1CC[C@@H]2OC(COCC3CC3)CC[C@@H]21. The van der Waals surface area contributed by atoms with E-state index in [1.54, 1.807) is 12.3 Å². The summed E-state index contributed by atoms with van der Waals surface area (Å²) in [5.74, 6) is 0.833. The number of likely N-dealkylation sites (tertiary alicyclic amines) is 1. The zero-order chi connectivity index (χ0) is 15.6. The molecule has 1 aromatic heterocycles. The molecule has 23 heavy (non-hydrogen) atoms. The zero-order valence-electron chi connectivity index (χ0n) is 13.3. The second-order valence-corrected chi connectivity index (χ2v) is 6.84. The molecule has 0 aromatic carbocycles. The predicted molar refractivity (Wildman–Crippen MR) is 82.9 cm³/mol. The van der Waals surface area contributed by atoms with Gasteiger partial charge in [0.2, 0.25) is 0 Å². The number of hydrogen-bond donors (Lipinski definition) is 0. The fourth-order valence-corrected chi connectivity index (χ4v) is 3.61. The van der Waals surface area contributed by atoms with Crippen LogP contribution in [-0.2, 0) is 9.47 Å². The van der Waals surface area contributed by atoms with Crippen molar-refractivity contribution in [1.82, 2.24) is 15.1 Å². The molecule has 3 aliphatic rings. The van der Waals surface area contributed by atoms with E-state index in [4.69, 9.17) is 9.47 Å². The van der Waals surface area contributed by atoms with E-state index in [-0.39, 0.29) is 24.2 Å². The van der Waals surface area contributed by atoms with Crippen LogP contribution >= 0.6 is 0 Å². The number of amides is 1. The number of carbonyl (C=O) groups excluding carboxylic acids is 1. The molecule has 0 spiro atoms. The average Bonchev–Trinajstić information content (AvgIpc) is 3.32. The Labute approximate surface area is 136 Å². The molecule has 2 saturated heterocycles. The van der Waals surface area contributed by atoms with E-state index in [9.17, 15) is 4.79 Å². The van der Waals surface area contributed by atoms with Crippen molar-refractivity contribution in [2.24, 2.45) is 5.92 Å². The molecule has 6 nitrogen and oxygen atoms in total. The molecule has 6 heteroatoms. The van der Waals surface area contributed by atoms with Gasteiger partial charge in [-0.1, -0.05) is 0 Å². The van der Waals surface area contributed by atoms with Crippen molar-refractivity contribution >= 4 is 5.91 Å². The summed E-state index contributed by atoms with van der Waals surface area (Å²) in [6, 6.07) is 1.91. The Morgan fingerprint density at radius 2 is 2.13 bits per heavy atom. The number of rotatable bonds is 5. The quantitative estimate of drug-likeness (QED) is 0.826. The first kappa shape index (κ1) is 15.0. The maximum Gasteiger partial charge on any atom is 0.255 e. The van der Waals surface area contributed by atoms with Gasteiger partial charge in [-0.25, -0.2) is 0 Å². The van der Waals surface area contributed by atoms with Crippen LogP contribution in [0, 0.1) is 5.92 Å². The van der Waals surface area contributed by atoms with Crippen LogP contribution in [0.5, 0.6) is 0 Å². The van der Waals surface area contributed by atoms with Gasteiger partial charge in [-0.05, 0) is 44.1 Å². The Bertz CT molecular complexity index is 549. The van der Waals surface area contributed by atoms with Gasteiger partial charge in [-0.2, -0.15) is 10.2 Å². The molecule has 1 saturated carbocycles. The highest BCUT2D eigenvalue weighted by atomic mass is 16.5. The first-order valence-electron chi connectivity index (χ1n) is 8.62. The maximum absolute atomic E-state index is 12.6. The van der Waals surface area contributed by atoms with Crippen LogP contribution in [0.4, 0.5) is 0 Å². The number of carbonyl (C=O) groups is 1. The number of fused-ring (bicyclic) bond motifs is 1. The molecule has 2 aliphatic heterocycles. The molecule has 3 heterocycles. The molecule has 1 aliphatic carbocycles.